The predicted molar refractivity (Wildman–Crippen MR) is 106 cm³/mol. The first-order chi connectivity index (χ1) is 13.0. The molecule has 0 saturated carbocycles. The van der Waals surface area contributed by atoms with Gasteiger partial charge in [0.1, 0.15) is 0 Å². The van der Waals surface area contributed by atoms with E-state index in [4.69, 9.17) is 10.2 Å². The van der Waals surface area contributed by atoms with Crippen LogP contribution in [0, 0.1) is 0 Å². The minimum atomic E-state index is -1.26. The number of likely N-dealkylation sites (tertiary alicyclic amines) is 1. The van der Waals surface area contributed by atoms with Crippen LogP contribution in [0.1, 0.15) is 18.4 Å². The molecule has 0 atom stereocenters. The number of nitrogens with zero attached hydrogens (tertiary/aromatic N) is 1. The van der Waals surface area contributed by atoms with Crippen molar-refractivity contribution >= 4 is 23.7 Å². The summed E-state index contributed by atoms with van der Waals surface area (Å²) in [6.07, 6.45) is 3.83. The lowest BCUT2D eigenvalue weighted by Crippen LogP contribution is -2.18. The molecule has 0 amide bonds. The van der Waals surface area contributed by atoms with E-state index in [2.05, 4.69) is 59.5 Å². The van der Waals surface area contributed by atoms with Crippen LogP contribution in [0.2, 0.25) is 0 Å². The van der Waals surface area contributed by atoms with E-state index in [1.54, 1.807) is 0 Å². The number of benzene rings is 2. The molecule has 2 N–H and O–H groups in total. The summed E-state index contributed by atoms with van der Waals surface area (Å²) in [5.74, 6) is -2.51. The molecule has 2 aromatic carbocycles. The number of hydrogen-bond acceptors (Lipinski definition) is 4. The fourth-order valence-corrected chi connectivity index (χ4v) is 3.63. The average Bonchev–Trinajstić information content (AvgIpc) is 3.16. The SMILES string of the molecule is O=C(O)/C=C\C(=O)O.c1ccc(Sc2ccccc2CN2CCCC2)cc1. The largest absolute Gasteiger partial charge is 0.478 e. The van der Waals surface area contributed by atoms with Gasteiger partial charge in [-0.1, -0.05) is 48.2 Å². The maximum absolute atomic E-state index is 9.55. The van der Waals surface area contributed by atoms with Gasteiger partial charge in [0, 0.05) is 28.5 Å². The van der Waals surface area contributed by atoms with Gasteiger partial charge in [0.25, 0.3) is 0 Å². The molecule has 27 heavy (non-hydrogen) atoms. The van der Waals surface area contributed by atoms with Crippen molar-refractivity contribution in [3.63, 3.8) is 0 Å². The summed E-state index contributed by atoms with van der Waals surface area (Å²) in [5, 5.41) is 15.6. The fourth-order valence-electron chi connectivity index (χ4n) is 2.67. The molecule has 6 heteroatoms. The van der Waals surface area contributed by atoms with E-state index in [0.29, 0.717) is 12.2 Å². The van der Waals surface area contributed by atoms with Gasteiger partial charge in [-0.25, -0.2) is 9.59 Å². The van der Waals surface area contributed by atoms with Gasteiger partial charge in [0.2, 0.25) is 0 Å². The molecule has 0 unspecified atom stereocenters. The maximum Gasteiger partial charge on any atom is 0.328 e. The lowest BCUT2D eigenvalue weighted by Gasteiger charge is -2.17. The second kappa shape index (κ2) is 11.2. The lowest BCUT2D eigenvalue weighted by atomic mass is 10.2. The number of carboxylic acid groups (broad SMARTS) is 2. The van der Waals surface area contributed by atoms with E-state index < -0.39 is 11.9 Å². The third kappa shape index (κ3) is 8.11. The molecule has 142 valence electrons. The van der Waals surface area contributed by atoms with E-state index in [1.807, 2.05) is 11.8 Å². The third-order valence-corrected chi connectivity index (χ3v) is 5.03. The van der Waals surface area contributed by atoms with Crippen LogP contribution in [0.5, 0.6) is 0 Å². The molecule has 0 radical (unpaired) electrons. The monoisotopic (exact) mass is 385 g/mol. The second-order valence-electron chi connectivity index (χ2n) is 6.02. The molecule has 1 saturated heterocycles. The Morgan fingerprint density at radius 3 is 2.04 bits per heavy atom. The molecule has 1 aliphatic rings. The van der Waals surface area contributed by atoms with Crippen LogP contribution in [0.15, 0.2) is 76.5 Å². The third-order valence-electron chi connectivity index (χ3n) is 3.90. The summed E-state index contributed by atoms with van der Waals surface area (Å²) >= 11 is 1.87. The van der Waals surface area contributed by atoms with Crippen LogP contribution < -0.4 is 0 Å². The standard InChI is InChI=1S/C17H19NS.C4H4O4/c1-2-9-16(10-3-1)19-17-11-5-4-8-15(17)14-18-12-6-7-13-18;5-3(6)1-2-4(7)8/h1-5,8-11H,6-7,12-14H2;1-2H,(H,5,6)(H,7,8)/b;2-1-. The Bertz CT molecular complexity index is 755. The summed E-state index contributed by atoms with van der Waals surface area (Å²) < 4.78 is 0. The van der Waals surface area contributed by atoms with E-state index in [-0.39, 0.29) is 0 Å². The van der Waals surface area contributed by atoms with Gasteiger partial charge < -0.3 is 10.2 Å². The normalized spacial score (nSPS) is 13.9. The topological polar surface area (TPSA) is 77.8 Å². The highest BCUT2D eigenvalue weighted by Crippen LogP contribution is 2.31. The van der Waals surface area contributed by atoms with Crippen LogP contribution in [-0.2, 0) is 16.1 Å². The van der Waals surface area contributed by atoms with Gasteiger partial charge >= 0.3 is 11.9 Å². The zero-order valence-electron chi connectivity index (χ0n) is 15.0. The Kier molecular flexibility index (Phi) is 8.61. The summed E-state index contributed by atoms with van der Waals surface area (Å²) in [6.45, 7) is 3.60. The van der Waals surface area contributed by atoms with E-state index in [9.17, 15) is 9.59 Å². The van der Waals surface area contributed by atoms with Crippen molar-refractivity contribution in [3.8, 4) is 0 Å². The highest BCUT2D eigenvalue weighted by atomic mass is 32.2. The molecule has 0 aromatic heterocycles. The first kappa shape index (κ1) is 20.7. The Labute approximate surface area is 163 Å². The summed E-state index contributed by atoms with van der Waals surface area (Å²) in [5.41, 5.74) is 1.46. The molecule has 1 heterocycles. The van der Waals surface area contributed by atoms with Gasteiger partial charge in [-0.05, 0) is 49.7 Å². The van der Waals surface area contributed by atoms with Gasteiger partial charge in [0.05, 0.1) is 0 Å². The van der Waals surface area contributed by atoms with E-state index >= 15 is 0 Å². The van der Waals surface area contributed by atoms with Crippen molar-refractivity contribution < 1.29 is 19.8 Å². The van der Waals surface area contributed by atoms with Crippen molar-refractivity contribution in [2.45, 2.75) is 29.2 Å². The van der Waals surface area contributed by atoms with Gasteiger partial charge in [-0.2, -0.15) is 0 Å². The summed E-state index contributed by atoms with van der Waals surface area (Å²) in [7, 11) is 0. The van der Waals surface area contributed by atoms with Crippen molar-refractivity contribution in [3.05, 3.63) is 72.3 Å². The quantitative estimate of drug-likeness (QED) is 0.728. The molecule has 5 nitrogen and oxygen atoms in total. The molecule has 1 aliphatic heterocycles. The second-order valence-corrected chi connectivity index (χ2v) is 7.13. The van der Waals surface area contributed by atoms with Crippen molar-refractivity contribution in [2.75, 3.05) is 13.1 Å². The van der Waals surface area contributed by atoms with Crippen LogP contribution in [0.25, 0.3) is 0 Å². The number of rotatable bonds is 6. The Balaban J connectivity index is 0.000000279. The molecular formula is C21H23NO4S. The van der Waals surface area contributed by atoms with E-state index in [1.165, 1.54) is 41.3 Å². The molecule has 0 bridgehead atoms. The molecule has 1 fully saturated rings. The number of carboxylic acids is 2. The Hall–Kier alpha value is -2.57. The molecule has 3 rings (SSSR count). The van der Waals surface area contributed by atoms with Crippen LogP contribution in [0.3, 0.4) is 0 Å². The summed E-state index contributed by atoms with van der Waals surface area (Å²) in [4.78, 5) is 24.4. The van der Waals surface area contributed by atoms with Crippen LogP contribution >= 0.6 is 11.8 Å². The first-order valence-electron chi connectivity index (χ1n) is 8.71. The Morgan fingerprint density at radius 1 is 0.889 bits per heavy atom. The van der Waals surface area contributed by atoms with Gasteiger partial charge in [-0.15, -0.1) is 0 Å². The smallest absolute Gasteiger partial charge is 0.328 e. The molecule has 2 aromatic rings. The highest BCUT2D eigenvalue weighted by Gasteiger charge is 2.13. The number of aliphatic carboxylic acids is 2. The minimum Gasteiger partial charge on any atom is -0.478 e. The average molecular weight is 385 g/mol. The molecule has 0 spiro atoms. The maximum atomic E-state index is 9.55. The van der Waals surface area contributed by atoms with Crippen molar-refractivity contribution in [2.24, 2.45) is 0 Å². The minimum absolute atomic E-state index is 0.558. The molecular weight excluding hydrogens is 362 g/mol. The fraction of sp³-hybridized carbons (Fsp3) is 0.238. The van der Waals surface area contributed by atoms with Crippen molar-refractivity contribution in [1.82, 2.24) is 4.90 Å². The lowest BCUT2D eigenvalue weighted by molar-refractivity contribution is -0.134. The predicted octanol–water partition coefficient (Wildman–Crippen LogP) is 4.15. The Morgan fingerprint density at radius 2 is 1.44 bits per heavy atom. The van der Waals surface area contributed by atoms with E-state index in [0.717, 1.165) is 6.54 Å². The van der Waals surface area contributed by atoms with Crippen LogP contribution in [0.4, 0.5) is 0 Å². The number of carbonyl (C=O) groups is 2. The zero-order valence-corrected chi connectivity index (χ0v) is 15.8. The first-order valence-corrected chi connectivity index (χ1v) is 9.53. The van der Waals surface area contributed by atoms with Crippen LogP contribution in [-0.4, -0.2) is 40.1 Å². The summed E-state index contributed by atoms with van der Waals surface area (Å²) in [6, 6.07) is 19.4. The van der Waals surface area contributed by atoms with Gasteiger partial charge in [0.15, 0.2) is 0 Å². The molecule has 0 aliphatic carbocycles. The highest BCUT2D eigenvalue weighted by molar-refractivity contribution is 7.99. The van der Waals surface area contributed by atoms with Crippen molar-refractivity contribution in [1.29, 1.82) is 0 Å². The van der Waals surface area contributed by atoms with Gasteiger partial charge in [-0.3, -0.25) is 4.90 Å². The zero-order chi connectivity index (χ0) is 19.5. The number of hydrogen-bond donors (Lipinski definition) is 2.